The zero-order valence-corrected chi connectivity index (χ0v) is 24.6. The van der Waals surface area contributed by atoms with E-state index >= 15 is 0 Å². The van der Waals surface area contributed by atoms with E-state index in [1.54, 1.807) is 12.5 Å². The molecule has 232 valence electrons. The lowest BCUT2D eigenvalue weighted by Crippen LogP contribution is -2.49. The van der Waals surface area contributed by atoms with Gasteiger partial charge in [0.1, 0.15) is 0 Å². The number of aromatic nitrogens is 4. The molecular formula is C33H37F3N6O2. The average molecular weight is 607 g/mol. The minimum Gasteiger partial charge on any atom is -0.391 e. The van der Waals surface area contributed by atoms with Crippen molar-refractivity contribution in [2.75, 3.05) is 39.8 Å². The SMILES string of the molecule is CN1CCC(C2c3ccccc3-c3cncn32)C(O)C1.OC1CN(CC(F)(F)F)CCC1C1c2ccccc2-c2cncn21. The lowest BCUT2D eigenvalue weighted by atomic mass is 9.83. The van der Waals surface area contributed by atoms with Gasteiger partial charge in [0.05, 0.1) is 67.3 Å². The molecule has 6 unspecified atom stereocenters. The van der Waals surface area contributed by atoms with E-state index in [2.05, 4.69) is 50.7 Å². The molecule has 2 aromatic carbocycles. The van der Waals surface area contributed by atoms with E-state index in [0.717, 1.165) is 36.3 Å². The second-order valence-corrected chi connectivity index (χ2v) is 12.6. The van der Waals surface area contributed by atoms with Crippen molar-refractivity contribution in [2.24, 2.45) is 11.8 Å². The Balaban J connectivity index is 0.000000144. The normalized spacial score (nSPS) is 28.0. The molecule has 0 bridgehead atoms. The van der Waals surface area contributed by atoms with Gasteiger partial charge in [0, 0.05) is 36.1 Å². The molecule has 6 atom stereocenters. The van der Waals surface area contributed by atoms with Crippen LogP contribution in [0.1, 0.15) is 36.1 Å². The fourth-order valence-electron chi connectivity index (χ4n) is 7.88. The lowest BCUT2D eigenvalue weighted by Gasteiger charge is -2.39. The molecule has 4 aromatic rings. The number of piperidine rings is 2. The summed E-state index contributed by atoms with van der Waals surface area (Å²) in [6, 6.07) is 16.6. The first-order valence-electron chi connectivity index (χ1n) is 15.3. The number of fused-ring (bicyclic) bond motifs is 6. The van der Waals surface area contributed by atoms with Crippen LogP contribution in [-0.2, 0) is 0 Å². The van der Waals surface area contributed by atoms with Gasteiger partial charge in [-0.3, -0.25) is 4.90 Å². The second-order valence-electron chi connectivity index (χ2n) is 12.6. The van der Waals surface area contributed by atoms with Gasteiger partial charge in [-0.05, 0) is 44.1 Å². The quantitative estimate of drug-likeness (QED) is 0.359. The predicted molar refractivity (Wildman–Crippen MR) is 160 cm³/mol. The second kappa shape index (κ2) is 11.4. The van der Waals surface area contributed by atoms with Crippen LogP contribution in [0.2, 0.25) is 0 Å². The Morgan fingerprint density at radius 3 is 1.75 bits per heavy atom. The molecule has 0 spiro atoms. The van der Waals surface area contributed by atoms with Crippen LogP contribution >= 0.6 is 0 Å². The Morgan fingerprint density at radius 2 is 1.25 bits per heavy atom. The third-order valence-corrected chi connectivity index (χ3v) is 9.81. The number of rotatable bonds is 3. The first kappa shape index (κ1) is 29.2. The van der Waals surface area contributed by atoms with Crippen molar-refractivity contribution in [2.45, 2.75) is 43.3 Å². The molecule has 0 saturated carbocycles. The van der Waals surface area contributed by atoms with Gasteiger partial charge in [-0.25, -0.2) is 9.97 Å². The summed E-state index contributed by atoms with van der Waals surface area (Å²) >= 11 is 0. The van der Waals surface area contributed by atoms with E-state index in [9.17, 15) is 23.4 Å². The molecule has 2 N–H and O–H groups in total. The van der Waals surface area contributed by atoms with E-state index < -0.39 is 18.8 Å². The van der Waals surface area contributed by atoms with Gasteiger partial charge in [-0.2, -0.15) is 13.2 Å². The summed E-state index contributed by atoms with van der Waals surface area (Å²) in [4.78, 5) is 12.0. The molecule has 0 radical (unpaired) electrons. The molecule has 0 amide bonds. The van der Waals surface area contributed by atoms with Crippen molar-refractivity contribution in [3.05, 3.63) is 84.7 Å². The van der Waals surface area contributed by atoms with Gasteiger partial charge in [-0.15, -0.1) is 0 Å². The van der Waals surface area contributed by atoms with Crippen LogP contribution < -0.4 is 0 Å². The number of likely N-dealkylation sites (tertiary alicyclic amines) is 2. The monoisotopic (exact) mass is 606 g/mol. The summed E-state index contributed by atoms with van der Waals surface area (Å²) in [5, 5.41) is 21.1. The number of hydrogen-bond donors (Lipinski definition) is 2. The maximum Gasteiger partial charge on any atom is 0.401 e. The molecule has 4 aliphatic heterocycles. The number of alkyl halides is 3. The fraction of sp³-hybridized carbons (Fsp3) is 0.455. The Morgan fingerprint density at radius 1 is 0.750 bits per heavy atom. The minimum atomic E-state index is -4.23. The molecular weight excluding hydrogens is 569 g/mol. The molecule has 0 aliphatic carbocycles. The zero-order valence-electron chi connectivity index (χ0n) is 24.6. The highest BCUT2D eigenvalue weighted by Crippen LogP contribution is 2.47. The number of nitrogens with zero attached hydrogens (tertiary/aromatic N) is 6. The molecule has 8 nitrogen and oxygen atoms in total. The maximum absolute atomic E-state index is 12.6. The van der Waals surface area contributed by atoms with Gasteiger partial charge in [-0.1, -0.05) is 48.5 Å². The first-order chi connectivity index (χ1) is 21.2. The van der Waals surface area contributed by atoms with Crippen molar-refractivity contribution in [3.8, 4) is 22.5 Å². The van der Waals surface area contributed by atoms with Crippen LogP contribution in [0.4, 0.5) is 13.2 Å². The molecule has 44 heavy (non-hydrogen) atoms. The summed E-state index contributed by atoms with van der Waals surface area (Å²) in [6.45, 7) is 1.23. The van der Waals surface area contributed by atoms with Crippen molar-refractivity contribution in [1.82, 2.24) is 28.9 Å². The number of benzene rings is 2. The summed E-state index contributed by atoms with van der Waals surface area (Å²) in [5.74, 6) is 0.147. The highest BCUT2D eigenvalue weighted by Gasteiger charge is 2.42. The fourth-order valence-corrected chi connectivity index (χ4v) is 7.88. The van der Waals surface area contributed by atoms with Crippen molar-refractivity contribution < 1.29 is 23.4 Å². The Kier molecular flexibility index (Phi) is 7.60. The molecule has 8 rings (SSSR count). The number of aliphatic hydroxyl groups is 2. The number of aliphatic hydroxyl groups excluding tert-OH is 2. The third-order valence-electron chi connectivity index (χ3n) is 9.81. The zero-order chi connectivity index (χ0) is 30.6. The summed E-state index contributed by atoms with van der Waals surface area (Å²) in [7, 11) is 2.07. The van der Waals surface area contributed by atoms with Crippen molar-refractivity contribution >= 4 is 0 Å². The molecule has 2 saturated heterocycles. The van der Waals surface area contributed by atoms with Crippen LogP contribution in [-0.4, -0.2) is 97.3 Å². The maximum atomic E-state index is 12.6. The number of halogens is 3. The van der Waals surface area contributed by atoms with Gasteiger partial charge in [0.2, 0.25) is 0 Å². The van der Waals surface area contributed by atoms with E-state index in [0.29, 0.717) is 13.0 Å². The molecule has 2 fully saturated rings. The van der Waals surface area contributed by atoms with Crippen LogP contribution in [0, 0.1) is 11.8 Å². The summed E-state index contributed by atoms with van der Waals surface area (Å²) in [5.41, 5.74) is 6.98. The van der Waals surface area contributed by atoms with Crippen molar-refractivity contribution in [3.63, 3.8) is 0 Å². The van der Waals surface area contributed by atoms with E-state index in [1.807, 2.05) is 41.4 Å². The van der Waals surface area contributed by atoms with E-state index in [4.69, 9.17) is 0 Å². The number of hydrogen-bond acceptors (Lipinski definition) is 6. The number of imidazole rings is 2. The Labute approximate surface area is 254 Å². The highest BCUT2D eigenvalue weighted by molar-refractivity contribution is 5.70. The Bertz CT molecular complexity index is 1620. The Hall–Kier alpha value is -3.51. The number of β-amino-alcohol motifs (C(OH)–C–C–N with tert-alkyl or cyclic N) is 2. The smallest absolute Gasteiger partial charge is 0.391 e. The average Bonchev–Trinajstić information content (AvgIpc) is 3.75. The lowest BCUT2D eigenvalue weighted by molar-refractivity contribution is -0.154. The van der Waals surface area contributed by atoms with Gasteiger partial charge < -0.3 is 24.2 Å². The number of likely N-dealkylation sites (N-methyl/N-ethyl adjacent to an activating group) is 1. The molecule has 2 aromatic heterocycles. The van der Waals surface area contributed by atoms with E-state index in [-0.39, 0.29) is 36.6 Å². The largest absolute Gasteiger partial charge is 0.401 e. The molecule has 6 heterocycles. The minimum absolute atomic E-state index is 0.0485. The summed E-state index contributed by atoms with van der Waals surface area (Å²) < 4.78 is 42.0. The van der Waals surface area contributed by atoms with E-state index in [1.165, 1.54) is 21.7 Å². The summed E-state index contributed by atoms with van der Waals surface area (Å²) in [6.07, 6.45) is 3.61. The van der Waals surface area contributed by atoms with Crippen molar-refractivity contribution in [1.29, 1.82) is 0 Å². The topological polar surface area (TPSA) is 82.6 Å². The standard InChI is InChI=1S/C17H18F3N3O.C16H19N3O/c18-17(19,20)9-22-6-5-13(15(24)8-22)16-12-4-2-1-3-11(12)14-7-21-10-23(14)16;1-18-7-6-13(15(20)9-18)16-12-5-3-2-4-11(12)14-8-17-10-19(14)16/h1-4,7,10,13,15-16,24H,5-6,8-9H2;2-5,8,10,13,15-16,20H,6-7,9H2,1H3. The van der Waals surface area contributed by atoms with Crippen LogP contribution in [0.25, 0.3) is 22.5 Å². The van der Waals surface area contributed by atoms with Crippen LogP contribution in [0.15, 0.2) is 73.6 Å². The van der Waals surface area contributed by atoms with Gasteiger partial charge in [0.15, 0.2) is 0 Å². The van der Waals surface area contributed by atoms with Gasteiger partial charge >= 0.3 is 6.18 Å². The van der Waals surface area contributed by atoms with Crippen LogP contribution in [0.5, 0.6) is 0 Å². The predicted octanol–water partition coefficient (Wildman–Crippen LogP) is 4.46. The third kappa shape index (κ3) is 5.25. The molecule has 4 aliphatic rings. The highest BCUT2D eigenvalue weighted by atomic mass is 19.4. The molecule has 11 heteroatoms. The van der Waals surface area contributed by atoms with Gasteiger partial charge in [0.25, 0.3) is 0 Å². The van der Waals surface area contributed by atoms with Crippen LogP contribution in [0.3, 0.4) is 0 Å². The first-order valence-corrected chi connectivity index (χ1v) is 15.3.